The lowest BCUT2D eigenvalue weighted by molar-refractivity contribution is 0.0697. The van der Waals surface area contributed by atoms with E-state index in [1.807, 2.05) is 42.5 Å². The van der Waals surface area contributed by atoms with Crippen molar-refractivity contribution in [2.24, 2.45) is 0 Å². The number of fused-ring (bicyclic) bond motifs is 1. The number of carbonyl (C=O) groups is 1. The van der Waals surface area contributed by atoms with Crippen molar-refractivity contribution in [3.63, 3.8) is 0 Å². The van der Waals surface area contributed by atoms with Crippen molar-refractivity contribution in [1.29, 1.82) is 0 Å². The normalized spacial score (nSPS) is 10.7. The molecule has 0 saturated carbocycles. The minimum absolute atomic E-state index is 0.0771. The maximum Gasteiger partial charge on any atom is 0.337 e. The Bertz CT molecular complexity index is 833. The Morgan fingerprint density at radius 2 is 1.86 bits per heavy atom. The van der Waals surface area contributed by atoms with Crippen LogP contribution in [0.3, 0.4) is 0 Å². The average Bonchev–Trinajstić information content (AvgIpc) is 2.49. The summed E-state index contributed by atoms with van der Waals surface area (Å²) in [4.78, 5) is 16.2. The molecule has 104 valence electrons. The quantitative estimate of drug-likeness (QED) is 0.771. The first-order valence-electron chi connectivity index (χ1n) is 6.29. The second kappa shape index (κ2) is 5.46. The van der Waals surface area contributed by atoms with Crippen molar-refractivity contribution in [3.05, 3.63) is 60.3 Å². The standard InChI is InChI=1S/C16H12N2O2S/c17-14-13(16(19)20)7-8-18-15(14)21-12-6-5-10-3-1-2-4-11(10)9-12/h1-9H,17H2,(H,19,20). The minimum Gasteiger partial charge on any atom is -0.478 e. The zero-order valence-electron chi connectivity index (χ0n) is 11.0. The van der Waals surface area contributed by atoms with Crippen LogP contribution in [0.5, 0.6) is 0 Å². The molecule has 2 aromatic carbocycles. The SMILES string of the molecule is Nc1c(C(=O)O)ccnc1Sc1ccc2ccccc2c1. The average molecular weight is 296 g/mol. The summed E-state index contributed by atoms with van der Waals surface area (Å²) in [6.07, 6.45) is 1.46. The third-order valence-corrected chi connectivity index (χ3v) is 4.13. The number of carboxylic acid groups (broad SMARTS) is 1. The first-order chi connectivity index (χ1) is 10.1. The molecule has 21 heavy (non-hydrogen) atoms. The fourth-order valence-electron chi connectivity index (χ4n) is 2.06. The first-order valence-corrected chi connectivity index (χ1v) is 7.11. The number of rotatable bonds is 3. The number of benzene rings is 2. The Hall–Kier alpha value is -2.53. The summed E-state index contributed by atoms with van der Waals surface area (Å²) >= 11 is 1.36. The van der Waals surface area contributed by atoms with Gasteiger partial charge in [0, 0.05) is 11.1 Å². The van der Waals surface area contributed by atoms with Gasteiger partial charge < -0.3 is 10.8 Å². The van der Waals surface area contributed by atoms with Gasteiger partial charge in [0.05, 0.1) is 11.3 Å². The Morgan fingerprint density at radius 1 is 1.10 bits per heavy atom. The largest absolute Gasteiger partial charge is 0.478 e. The molecule has 5 heteroatoms. The van der Waals surface area contributed by atoms with Gasteiger partial charge in [-0.25, -0.2) is 9.78 Å². The molecule has 0 radical (unpaired) electrons. The summed E-state index contributed by atoms with van der Waals surface area (Å²) in [5, 5.41) is 11.9. The van der Waals surface area contributed by atoms with E-state index in [0.29, 0.717) is 5.03 Å². The van der Waals surface area contributed by atoms with E-state index in [1.54, 1.807) is 0 Å². The fourth-order valence-corrected chi connectivity index (χ4v) is 2.94. The Kier molecular flexibility index (Phi) is 3.50. The molecule has 0 atom stereocenters. The second-order valence-electron chi connectivity index (χ2n) is 4.49. The fraction of sp³-hybridized carbons (Fsp3) is 0. The molecule has 0 bridgehead atoms. The van der Waals surface area contributed by atoms with Crippen LogP contribution < -0.4 is 5.73 Å². The van der Waals surface area contributed by atoms with Crippen molar-refractivity contribution in [2.75, 3.05) is 5.73 Å². The summed E-state index contributed by atoms with van der Waals surface area (Å²) in [6, 6.07) is 15.5. The van der Waals surface area contributed by atoms with Crippen LogP contribution in [0.25, 0.3) is 10.8 Å². The van der Waals surface area contributed by atoms with E-state index in [9.17, 15) is 4.79 Å². The van der Waals surface area contributed by atoms with Gasteiger partial charge in [-0.15, -0.1) is 0 Å². The molecular weight excluding hydrogens is 284 g/mol. The van der Waals surface area contributed by atoms with Gasteiger partial charge in [-0.3, -0.25) is 0 Å². The van der Waals surface area contributed by atoms with Crippen LogP contribution in [-0.2, 0) is 0 Å². The monoisotopic (exact) mass is 296 g/mol. The number of aromatic nitrogens is 1. The molecule has 0 fully saturated rings. The van der Waals surface area contributed by atoms with Crippen LogP contribution in [0, 0.1) is 0 Å². The number of nitrogens with two attached hydrogens (primary N) is 1. The van der Waals surface area contributed by atoms with Crippen molar-refractivity contribution in [2.45, 2.75) is 9.92 Å². The minimum atomic E-state index is -1.05. The van der Waals surface area contributed by atoms with Crippen LogP contribution in [-0.4, -0.2) is 16.1 Å². The van der Waals surface area contributed by atoms with Crippen molar-refractivity contribution >= 4 is 34.2 Å². The second-order valence-corrected chi connectivity index (χ2v) is 5.56. The smallest absolute Gasteiger partial charge is 0.337 e. The zero-order valence-corrected chi connectivity index (χ0v) is 11.8. The lowest BCUT2D eigenvalue weighted by atomic mass is 10.1. The van der Waals surface area contributed by atoms with Gasteiger partial charge in [-0.1, -0.05) is 42.1 Å². The number of aromatic carboxylic acids is 1. The lowest BCUT2D eigenvalue weighted by Crippen LogP contribution is -2.04. The molecule has 0 aliphatic rings. The number of nitrogen functional groups attached to an aromatic ring is 1. The lowest BCUT2D eigenvalue weighted by Gasteiger charge is -2.07. The van der Waals surface area contributed by atoms with E-state index in [2.05, 4.69) is 4.98 Å². The molecule has 3 N–H and O–H groups in total. The molecule has 1 heterocycles. The predicted molar refractivity (Wildman–Crippen MR) is 83.7 cm³/mol. The molecule has 0 aliphatic carbocycles. The summed E-state index contributed by atoms with van der Waals surface area (Å²) in [5.74, 6) is -1.05. The topological polar surface area (TPSA) is 76.2 Å². The highest BCUT2D eigenvalue weighted by Crippen LogP contribution is 2.33. The third kappa shape index (κ3) is 2.68. The van der Waals surface area contributed by atoms with Gasteiger partial charge in [0.15, 0.2) is 0 Å². The van der Waals surface area contributed by atoms with Gasteiger partial charge in [0.1, 0.15) is 5.03 Å². The van der Waals surface area contributed by atoms with E-state index >= 15 is 0 Å². The number of carboxylic acids is 1. The Labute approximate surface area is 125 Å². The maximum atomic E-state index is 11.1. The Morgan fingerprint density at radius 3 is 2.62 bits per heavy atom. The number of anilines is 1. The summed E-state index contributed by atoms with van der Waals surface area (Å²) in [5.41, 5.74) is 6.16. The number of hydrogen-bond acceptors (Lipinski definition) is 4. The van der Waals surface area contributed by atoms with Crippen molar-refractivity contribution in [3.8, 4) is 0 Å². The van der Waals surface area contributed by atoms with Crippen LogP contribution >= 0.6 is 11.8 Å². The third-order valence-electron chi connectivity index (χ3n) is 3.12. The van der Waals surface area contributed by atoms with E-state index in [-0.39, 0.29) is 11.3 Å². The highest BCUT2D eigenvalue weighted by atomic mass is 32.2. The van der Waals surface area contributed by atoms with Gasteiger partial charge in [0.2, 0.25) is 0 Å². The van der Waals surface area contributed by atoms with E-state index in [4.69, 9.17) is 10.8 Å². The van der Waals surface area contributed by atoms with Crippen molar-refractivity contribution < 1.29 is 9.90 Å². The molecule has 3 aromatic rings. The highest BCUT2D eigenvalue weighted by Gasteiger charge is 2.13. The molecule has 0 saturated heterocycles. The van der Waals surface area contributed by atoms with Gasteiger partial charge >= 0.3 is 5.97 Å². The molecule has 4 nitrogen and oxygen atoms in total. The van der Waals surface area contributed by atoms with E-state index in [1.165, 1.54) is 24.0 Å². The highest BCUT2D eigenvalue weighted by molar-refractivity contribution is 7.99. The summed E-state index contributed by atoms with van der Waals surface area (Å²) < 4.78 is 0. The number of nitrogens with zero attached hydrogens (tertiary/aromatic N) is 1. The molecule has 0 aliphatic heterocycles. The van der Waals surface area contributed by atoms with E-state index in [0.717, 1.165) is 15.7 Å². The molecule has 1 aromatic heterocycles. The maximum absolute atomic E-state index is 11.1. The first kappa shape index (κ1) is 13.5. The van der Waals surface area contributed by atoms with Crippen LogP contribution in [0.4, 0.5) is 5.69 Å². The van der Waals surface area contributed by atoms with Gasteiger partial charge in [-0.05, 0) is 29.0 Å². The molecule has 0 spiro atoms. The molecule has 0 unspecified atom stereocenters. The van der Waals surface area contributed by atoms with Crippen LogP contribution in [0.2, 0.25) is 0 Å². The summed E-state index contributed by atoms with van der Waals surface area (Å²) in [6.45, 7) is 0. The van der Waals surface area contributed by atoms with E-state index < -0.39 is 5.97 Å². The van der Waals surface area contributed by atoms with Gasteiger partial charge in [0.25, 0.3) is 0 Å². The van der Waals surface area contributed by atoms with Crippen LogP contribution in [0.15, 0.2) is 64.6 Å². The zero-order chi connectivity index (χ0) is 14.8. The number of hydrogen-bond donors (Lipinski definition) is 2. The summed E-state index contributed by atoms with van der Waals surface area (Å²) in [7, 11) is 0. The van der Waals surface area contributed by atoms with Gasteiger partial charge in [-0.2, -0.15) is 0 Å². The molecular formula is C16H12N2O2S. The number of pyridine rings is 1. The predicted octanol–water partition coefficient (Wildman–Crippen LogP) is 3.67. The van der Waals surface area contributed by atoms with Crippen molar-refractivity contribution in [1.82, 2.24) is 4.98 Å². The Balaban J connectivity index is 1.98. The molecule has 3 rings (SSSR count). The molecule has 0 amide bonds. The van der Waals surface area contributed by atoms with Crippen LogP contribution in [0.1, 0.15) is 10.4 Å².